The summed E-state index contributed by atoms with van der Waals surface area (Å²) in [6.07, 6.45) is 1.10. The minimum atomic E-state index is -3.25. The summed E-state index contributed by atoms with van der Waals surface area (Å²) in [6.45, 7) is 5.95. The van der Waals surface area contributed by atoms with Crippen molar-refractivity contribution in [2.24, 2.45) is 0 Å². The molecule has 0 aliphatic carbocycles. The second-order valence-electron chi connectivity index (χ2n) is 5.47. The number of aliphatic hydroxyl groups excluding tert-OH is 1. The van der Waals surface area contributed by atoms with Gasteiger partial charge in [0.2, 0.25) is 10.0 Å². The first kappa shape index (κ1) is 16.4. The molecule has 2 rings (SSSR count). The third kappa shape index (κ3) is 4.51. The first-order valence-corrected chi connectivity index (χ1v) is 9.05. The van der Waals surface area contributed by atoms with Crippen LogP contribution in [0.15, 0.2) is 24.3 Å². The van der Waals surface area contributed by atoms with Crippen LogP contribution in [0.3, 0.4) is 0 Å². The maximum atomic E-state index is 12.4. The van der Waals surface area contributed by atoms with Crippen LogP contribution in [0.2, 0.25) is 0 Å². The minimum absolute atomic E-state index is 0.0214. The topological polar surface area (TPSA) is 60.9 Å². The molecule has 0 spiro atoms. The zero-order chi connectivity index (χ0) is 15.3. The molecule has 0 saturated carbocycles. The molecule has 6 heteroatoms. The SMILES string of the molecule is CCCN1CCN(S(=O)(=O)Cc2ccc(CO)cc2)CC1. The van der Waals surface area contributed by atoms with Crippen LogP contribution >= 0.6 is 0 Å². The minimum Gasteiger partial charge on any atom is -0.392 e. The second kappa shape index (κ2) is 7.35. The van der Waals surface area contributed by atoms with E-state index >= 15 is 0 Å². The maximum absolute atomic E-state index is 12.4. The number of aliphatic hydroxyl groups is 1. The van der Waals surface area contributed by atoms with E-state index in [4.69, 9.17) is 5.11 Å². The molecular formula is C15H24N2O3S. The number of hydrogen-bond acceptors (Lipinski definition) is 4. The van der Waals surface area contributed by atoms with Gasteiger partial charge in [-0.25, -0.2) is 8.42 Å². The molecule has 0 atom stereocenters. The number of benzene rings is 1. The monoisotopic (exact) mass is 312 g/mol. The fourth-order valence-corrected chi connectivity index (χ4v) is 4.11. The maximum Gasteiger partial charge on any atom is 0.218 e. The van der Waals surface area contributed by atoms with Gasteiger partial charge in [-0.3, -0.25) is 0 Å². The lowest BCUT2D eigenvalue weighted by Gasteiger charge is -2.33. The van der Waals surface area contributed by atoms with Crippen LogP contribution in [0, 0.1) is 0 Å². The van der Waals surface area contributed by atoms with E-state index in [0.717, 1.165) is 37.2 Å². The van der Waals surface area contributed by atoms with Crippen molar-refractivity contribution in [3.8, 4) is 0 Å². The molecule has 0 radical (unpaired) electrons. The zero-order valence-corrected chi connectivity index (χ0v) is 13.3. The number of piperazine rings is 1. The van der Waals surface area contributed by atoms with E-state index in [0.29, 0.717) is 13.1 Å². The molecular weight excluding hydrogens is 288 g/mol. The van der Waals surface area contributed by atoms with Gasteiger partial charge in [0.1, 0.15) is 0 Å². The predicted octanol–water partition coefficient (Wildman–Crippen LogP) is 1.04. The highest BCUT2D eigenvalue weighted by Gasteiger charge is 2.26. The van der Waals surface area contributed by atoms with Crippen LogP contribution in [0.5, 0.6) is 0 Å². The van der Waals surface area contributed by atoms with Gasteiger partial charge >= 0.3 is 0 Å². The average Bonchev–Trinajstić information content (AvgIpc) is 2.48. The van der Waals surface area contributed by atoms with E-state index in [-0.39, 0.29) is 12.4 Å². The molecule has 1 aliphatic heterocycles. The third-order valence-corrected chi connectivity index (χ3v) is 5.67. The van der Waals surface area contributed by atoms with Crippen molar-refractivity contribution in [2.75, 3.05) is 32.7 Å². The Kier molecular flexibility index (Phi) is 5.75. The predicted molar refractivity (Wildman–Crippen MR) is 83.3 cm³/mol. The van der Waals surface area contributed by atoms with Crippen molar-refractivity contribution in [3.05, 3.63) is 35.4 Å². The third-order valence-electron chi connectivity index (χ3n) is 3.82. The van der Waals surface area contributed by atoms with E-state index in [9.17, 15) is 8.42 Å². The van der Waals surface area contributed by atoms with Crippen LogP contribution in [-0.4, -0.2) is 55.5 Å². The summed E-state index contributed by atoms with van der Waals surface area (Å²) in [5, 5.41) is 9.00. The highest BCUT2D eigenvalue weighted by atomic mass is 32.2. The van der Waals surface area contributed by atoms with E-state index in [2.05, 4.69) is 11.8 Å². The zero-order valence-electron chi connectivity index (χ0n) is 12.5. The van der Waals surface area contributed by atoms with Gasteiger partial charge in [0.05, 0.1) is 12.4 Å². The Morgan fingerprint density at radius 2 is 1.62 bits per heavy atom. The molecule has 1 N–H and O–H groups in total. The summed E-state index contributed by atoms with van der Waals surface area (Å²) < 4.78 is 26.5. The van der Waals surface area contributed by atoms with Crippen molar-refractivity contribution in [1.29, 1.82) is 0 Å². The van der Waals surface area contributed by atoms with Crippen LogP contribution < -0.4 is 0 Å². The fourth-order valence-electron chi connectivity index (χ4n) is 2.59. The summed E-state index contributed by atoms with van der Waals surface area (Å²) in [6, 6.07) is 7.08. The molecule has 0 aromatic heterocycles. The van der Waals surface area contributed by atoms with Crippen LogP contribution in [0.25, 0.3) is 0 Å². The summed E-state index contributed by atoms with van der Waals surface area (Å²) in [5.74, 6) is 0.0342. The lowest BCUT2D eigenvalue weighted by atomic mass is 10.2. The van der Waals surface area contributed by atoms with Crippen molar-refractivity contribution < 1.29 is 13.5 Å². The Hall–Kier alpha value is -0.950. The molecule has 1 aromatic rings. The van der Waals surface area contributed by atoms with Gasteiger partial charge in [-0.2, -0.15) is 4.31 Å². The van der Waals surface area contributed by atoms with Crippen LogP contribution in [0.4, 0.5) is 0 Å². The van der Waals surface area contributed by atoms with E-state index < -0.39 is 10.0 Å². The van der Waals surface area contributed by atoms with E-state index in [1.165, 1.54) is 0 Å². The standard InChI is InChI=1S/C15H24N2O3S/c1-2-7-16-8-10-17(11-9-16)21(19,20)13-15-5-3-14(12-18)4-6-15/h3-6,18H,2,7-13H2,1H3. The second-order valence-corrected chi connectivity index (χ2v) is 7.44. The van der Waals surface area contributed by atoms with Gasteiger partial charge in [0.15, 0.2) is 0 Å². The number of nitrogens with zero attached hydrogens (tertiary/aromatic N) is 2. The summed E-state index contributed by atoms with van der Waals surface area (Å²) in [4.78, 5) is 2.31. The molecule has 21 heavy (non-hydrogen) atoms. The van der Waals surface area contributed by atoms with Gasteiger partial charge in [-0.15, -0.1) is 0 Å². The normalized spacial score (nSPS) is 18.0. The summed E-state index contributed by atoms with van der Waals surface area (Å²) in [7, 11) is -3.25. The van der Waals surface area contributed by atoms with E-state index in [1.54, 1.807) is 28.6 Å². The smallest absolute Gasteiger partial charge is 0.218 e. The fraction of sp³-hybridized carbons (Fsp3) is 0.600. The highest BCUT2D eigenvalue weighted by molar-refractivity contribution is 7.88. The molecule has 0 bridgehead atoms. The lowest BCUT2D eigenvalue weighted by Crippen LogP contribution is -2.48. The molecule has 118 valence electrons. The molecule has 1 saturated heterocycles. The van der Waals surface area contributed by atoms with Crippen molar-refractivity contribution >= 4 is 10.0 Å². The Balaban J connectivity index is 1.95. The van der Waals surface area contributed by atoms with Crippen molar-refractivity contribution in [3.63, 3.8) is 0 Å². The van der Waals surface area contributed by atoms with Gasteiger partial charge in [-0.05, 0) is 24.1 Å². The molecule has 1 aliphatic rings. The molecule has 1 heterocycles. The largest absolute Gasteiger partial charge is 0.392 e. The van der Waals surface area contributed by atoms with E-state index in [1.807, 2.05) is 0 Å². The molecule has 5 nitrogen and oxygen atoms in total. The van der Waals surface area contributed by atoms with Crippen LogP contribution in [-0.2, 0) is 22.4 Å². The van der Waals surface area contributed by atoms with Gasteiger partial charge < -0.3 is 10.0 Å². The molecule has 1 fully saturated rings. The summed E-state index contributed by atoms with van der Waals surface area (Å²) >= 11 is 0. The Morgan fingerprint density at radius 3 is 2.14 bits per heavy atom. The molecule has 1 aromatic carbocycles. The quantitative estimate of drug-likeness (QED) is 0.852. The number of rotatable bonds is 6. The highest BCUT2D eigenvalue weighted by Crippen LogP contribution is 2.14. The van der Waals surface area contributed by atoms with Crippen LogP contribution in [0.1, 0.15) is 24.5 Å². The average molecular weight is 312 g/mol. The molecule has 0 unspecified atom stereocenters. The first-order chi connectivity index (χ1) is 10.0. The molecule has 0 amide bonds. The number of sulfonamides is 1. The Bertz CT molecular complexity index is 535. The van der Waals surface area contributed by atoms with Crippen molar-refractivity contribution in [1.82, 2.24) is 9.21 Å². The first-order valence-electron chi connectivity index (χ1n) is 7.44. The Morgan fingerprint density at radius 1 is 1.05 bits per heavy atom. The lowest BCUT2D eigenvalue weighted by molar-refractivity contribution is 0.188. The van der Waals surface area contributed by atoms with Gasteiger partial charge in [0, 0.05) is 26.2 Å². The van der Waals surface area contributed by atoms with Gasteiger partial charge in [-0.1, -0.05) is 31.2 Å². The summed E-state index contributed by atoms with van der Waals surface area (Å²) in [5.41, 5.74) is 1.56. The number of hydrogen-bond donors (Lipinski definition) is 1. The Labute approximate surface area is 127 Å². The van der Waals surface area contributed by atoms with Gasteiger partial charge in [0.25, 0.3) is 0 Å². The van der Waals surface area contributed by atoms with Crippen molar-refractivity contribution in [2.45, 2.75) is 25.7 Å².